The van der Waals surface area contributed by atoms with Gasteiger partial charge in [-0.1, -0.05) is 60.1 Å². The van der Waals surface area contributed by atoms with Crippen LogP contribution in [0.2, 0.25) is 0 Å². The summed E-state index contributed by atoms with van der Waals surface area (Å²) in [5.41, 5.74) is -0.536. The van der Waals surface area contributed by atoms with Crippen molar-refractivity contribution in [2.24, 2.45) is 56.7 Å². The lowest BCUT2D eigenvalue weighted by atomic mass is 9.33. The summed E-state index contributed by atoms with van der Waals surface area (Å²) in [4.78, 5) is 27.3. The van der Waals surface area contributed by atoms with Crippen LogP contribution in [0.5, 0.6) is 0 Å². The number of hydrogen-bond acceptors (Lipinski definition) is 18. The number of esters is 2. The second-order valence-corrected chi connectivity index (χ2v) is 23.0. The molecule has 0 radical (unpaired) electrons. The van der Waals surface area contributed by atoms with Crippen LogP contribution in [0.3, 0.4) is 0 Å². The second kappa shape index (κ2) is 18.6. The number of rotatable bonds is 9. The van der Waals surface area contributed by atoms with Gasteiger partial charge in [-0.25, -0.2) is 0 Å². The largest absolute Gasteiger partial charge is 0.454 e. The number of aliphatic hydroxyl groups is 9. The zero-order valence-electron chi connectivity index (χ0n) is 40.3. The first-order valence-electron chi connectivity index (χ1n) is 24.7. The monoisotopic (exact) mass is 955 g/mol. The molecule has 0 aromatic rings. The molecule has 3 saturated heterocycles. The zero-order valence-corrected chi connectivity index (χ0v) is 40.3. The number of aliphatic hydroxyl groups excluding tert-OH is 9. The van der Waals surface area contributed by atoms with E-state index in [0.29, 0.717) is 25.2 Å². The van der Waals surface area contributed by atoms with Crippen molar-refractivity contribution in [3.63, 3.8) is 0 Å². The van der Waals surface area contributed by atoms with Gasteiger partial charge in [-0.3, -0.25) is 9.59 Å². The summed E-state index contributed by atoms with van der Waals surface area (Å²) in [7, 11) is 0. The van der Waals surface area contributed by atoms with Crippen molar-refractivity contribution >= 4 is 11.9 Å². The fraction of sp³-hybridized carbons (Fsp3) is 0.918. The highest BCUT2D eigenvalue weighted by Crippen LogP contribution is 2.76. The van der Waals surface area contributed by atoms with Gasteiger partial charge in [0.25, 0.3) is 0 Å². The second-order valence-electron chi connectivity index (χ2n) is 23.0. The van der Waals surface area contributed by atoms with Gasteiger partial charge in [0.1, 0.15) is 61.0 Å². The van der Waals surface area contributed by atoms with E-state index in [1.54, 1.807) is 0 Å². The smallest absolute Gasteiger partial charge is 0.315 e. The third-order valence-corrected chi connectivity index (χ3v) is 19.5. The minimum atomic E-state index is -1.75. The van der Waals surface area contributed by atoms with E-state index in [2.05, 4.69) is 54.5 Å². The highest BCUT2D eigenvalue weighted by molar-refractivity contribution is 5.79. The first-order valence-corrected chi connectivity index (χ1v) is 24.7. The third kappa shape index (κ3) is 8.16. The molecule has 4 saturated carbocycles. The maximum absolute atomic E-state index is 14.7. The molecule has 8 aliphatic rings. The minimum absolute atomic E-state index is 0.128. The maximum atomic E-state index is 14.7. The van der Waals surface area contributed by atoms with E-state index in [1.807, 2.05) is 0 Å². The minimum Gasteiger partial charge on any atom is -0.454 e. The van der Waals surface area contributed by atoms with Crippen LogP contribution in [0, 0.1) is 56.7 Å². The SMILES string of the molecule is CC(=O)OC1C(OC2CCC3(C)C(CCC4(C)C3CC=C3C5C(C)C(C)CCC5(C(=O)OC5OC(CO)C(O)C(O)C5O)CCC34C)C2(C)C)OCC(O)C1OC1OC(CO)C(O)C(O)C1O. The van der Waals surface area contributed by atoms with Gasteiger partial charge in [0.2, 0.25) is 6.29 Å². The fourth-order valence-electron chi connectivity index (χ4n) is 15.3. The number of fused-ring (bicyclic) bond motifs is 7. The summed E-state index contributed by atoms with van der Waals surface area (Å²) in [5.74, 6) is -0.354. The molecule has 7 fully saturated rings. The van der Waals surface area contributed by atoms with Crippen molar-refractivity contribution in [2.45, 2.75) is 205 Å². The number of ether oxygens (including phenoxy) is 7. The molecule has 9 N–H and O–H groups in total. The summed E-state index contributed by atoms with van der Waals surface area (Å²) in [5, 5.41) is 94.1. The Labute approximate surface area is 393 Å². The van der Waals surface area contributed by atoms with E-state index >= 15 is 0 Å². The van der Waals surface area contributed by atoms with Crippen LogP contribution in [0.4, 0.5) is 0 Å². The first kappa shape index (κ1) is 51.5. The quantitative estimate of drug-likeness (QED) is 0.0892. The summed E-state index contributed by atoms with van der Waals surface area (Å²) in [6, 6.07) is 0. The maximum Gasteiger partial charge on any atom is 0.315 e. The van der Waals surface area contributed by atoms with Crippen molar-refractivity contribution < 1.29 is 88.7 Å². The van der Waals surface area contributed by atoms with Crippen LogP contribution in [0.1, 0.15) is 113 Å². The highest BCUT2D eigenvalue weighted by Gasteiger charge is 2.70. The molecule has 3 aliphatic heterocycles. The van der Waals surface area contributed by atoms with Gasteiger partial charge < -0.3 is 79.1 Å². The molecule has 0 bridgehead atoms. The Morgan fingerprint density at radius 1 is 0.687 bits per heavy atom. The molecule has 67 heavy (non-hydrogen) atoms. The van der Waals surface area contributed by atoms with Crippen LogP contribution in [-0.4, -0.2) is 170 Å². The van der Waals surface area contributed by atoms with E-state index in [1.165, 1.54) is 12.5 Å². The lowest BCUT2D eigenvalue weighted by Gasteiger charge is -2.71. The molecule has 3 heterocycles. The molecule has 0 amide bonds. The van der Waals surface area contributed by atoms with E-state index in [4.69, 9.17) is 33.2 Å². The van der Waals surface area contributed by atoms with E-state index < -0.39 is 122 Å². The molecule has 18 heteroatoms. The van der Waals surface area contributed by atoms with Gasteiger partial charge in [0, 0.05) is 6.92 Å². The standard InChI is InChI=1S/C49H78O18/c1-22-11-16-49(44(60)67-42-38(59)36(57)34(55)28(20-51)64-42)18-17-47(7)25(32(49)23(22)2)9-10-30-46(6)14-13-31(45(4,5)29(46)12-15-48(30,47)8)65-43-40(62-24(3)52)39(26(53)21-61-43)66-41-37(58)35(56)33(54)27(19-50)63-41/h9,22-23,26-43,50-51,53-59H,10-21H2,1-8H3. The van der Waals surface area contributed by atoms with Gasteiger partial charge in [0.05, 0.1) is 31.3 Å². The summed E-state index contributed by atoms with van der Waals surface area (Å²) < 4.78 is 41.9. The van der Waals surface area contributed by atoms with Crippen LogP contribution in [-0.2, 0) is 42.7 Å². The Balaban J connectivity index is 1.03. The van der Waals surface area contributed by atoms with Crippen LogP contribution in [0.25, 0.3) is 0 Å². The van der Waals surface area contributed by atoms with Crippen molar-refractivity contribution in [1.82, 2.24) is 0 Å². The molecule has 0 aromatic heterocycles. The molecule has 18 nitrogen and oxygen atoms in total. The number of allylic oxidation sites excluding steroid dienone is 2. The van der Waals surface area contributed by atoms with Gasteiger partial charge in [0.15, 0.2) is 18.7 Å². The van der Waals surface area contributed by atoms with Crippen molar-refractivity contribution in [1.29, 1.82) is 0 Å². The average Bonchev–Trinajstić information content (AvgIpc) is 3.27. The van der Waals surface area contributed by atoms with Crippen molar-refractivity contribution in [2.75, 3.05) is 19.8 Å². The molecular weight excluding hydrogens is 877 g/mol. The molecule has 8 rings (SSSR count). The van der Waals surface area contributed by atoms with Gasteiger partial charge in [-0.2, -0.15) is 0 Å². The van der Waals surface area contributed by atoms with Crippen LogP contribution in [0.15, 0.2) is 11.6 Å². The van der Waals surface area contributed by atoms with Crippen LogP contribution < -0.4 is 0 Å². The topological polar surface area (TPSA) is 281 Å². The Bertz CT molecular complexity index is 1840. The molecule has 24 unspecified atom stereocenters. The number of hydrogen-bond donors (Lipinski definition) is 9. The summed E-state index contributed by atoms with van der Waals surface area (Å²) in [6.07, 6.45) is -11.9. The van der Waals surface area contributed by atoms with Gasteiger partial charge in [-0.15, -0.1) is 0 Å². The average molecular weight is 955 g/mol. The molecular formula is C49H78O18. The Hall–Kier alpha value is -1.88. The fourth-order valence-corrected chi connectivity index (χ4v) is 15.3. The predicted octanol–water partition coefficient (Wildman–Crippen LogP) is 1.21. The van der Waals surface area contributed by atoms with Gasteiger partial charge >= 0.3 is 11.9 Å². The first-order chi connectivity index (χ1) is 31.4. The Kier molecular flexibility index (Phi) is 14.3. The van der Waals surface area contributed by atoms with E-state index in [9.17, 15) is 55.5 Å². The molecule has 5 aliphatic carbocycles. The summed E-state index contributed by atoms with van der Waals surface area (Å²) in [6.45, 7) is 15.8. The Morgan fingerprint density at radius 2 is 1.31 bits per heavy atom. The lowest BCUT2D eigenvalue weighted by Crippen LogP contribution is -2.66. The predicted molar refractivity (Wildman–Crippen MR) is 234 cm³/mol. The normalized spacial score (nSPS) is 52.9. The van der Waals surface area contributed by atoms with E-state index in [-0.39, 0.29) is 52.6 Å². The molecule has 0 spiro atoms. The van der Waals surface area contributed by atoms with Crippen molar-refractivity contribution in [3.8, 4) is 0 Å². The molecule has 0 aromatic carbocycles. The van der Waals surface area contributed by atoms with Gasteiger partial charge in [-0.05, 0) is 109 Å². The van der Waals surface area contributed by atoms with Crippen LogP contribution >= 0.6 is 0 Å². The Morgan fingerprint density at radius 3 is 1.94 bits per heavy atom. The van der Waals surface area contributed by atoms with Crippen molar-refractivity contribution in [3.05, 3.63) is 11.6 Å². The highest BCUT2D eigenvalue weighted by atomic mass is 16.7. The summed E-state index contributed by atoms with van der Waals surface area (Å²) >= 11 is 0. The third-order valence-electron chi connectivity index (χ3n) is 19.5. The number of carbonyl (C=O) groups is 2. The van der Waals surface area contributed by atoms with E-state index in [0.717, 1.165) is 38.5 Å². The molecule has 382 valence electrons. The zero-order chi connectivity index (χ0) is 48.9. The molecule has 24 atom stereocenters. The lowest BCUT2D eigenvalue weighted by molar-refractivity contribution is -0.357. The number of carbonyl (C=O) groups excluding carboxylic acids is 2.